The predicted octanol–water partition coefficient (Wildman–Crippen LogP) is 5.98. The molecule has 2 saturated heterocycles. The van der Waals surface area contributed by atoms with E-state index in [1.807, 2.05) is 37.8 Å². The first-order valence-electron chi connectivity index (χ1n) is 14.2. The number of rotatable bonds is 8. The maximum absolute atomic E-state index is 13.6. The number of nitrogens with one attached hydrogen (secondary N) is 1. The highest BCUT2D eigenvalue weighted by Gasteiger charge is 2.24. The summed E-state index contributed by atoms with van der Waals surface area (Å²) >= 11 is 5.94. The van der Waals surface area contributed by atoms with Crippen molar-refractivity contribution in [1.82, 2.24) is 19.8 Å². The quantitative estimate of drug-likeness (QED) is 0.356. The van der Waals surface area contributed by atoms with Gasteiger partial charge in [-0.1, -0.05) is 25.4 Å². The molecule has 0 unspecified atom stereocenters. The summed E-state index contributed by atoms with van der Waals surface area (Å²) in [6.45, 7) is 11.8. The molecule has 1 aromatic heterocycles. The van der Waals surface area contributed by atoms with Crippen LogP contribution in [-0.2, 0) is 9.53 Å². The maximum Gasteiger partial charge on any atom is 0.222 e. The van der Waals surface area contributed by atoms with Crippen LogP contribution in [0.1, 0.15) is 45.1 Å². The molecule has 1 amide bonds. The zero-order chi connectivity index (χ0) is 28.5. The second kappa shape index (κ2) is 14.6. The fourth-order valence-electron chi connectivity index (χ4n) is 4.96. The Hall–Kier alpha value is -3.01. The molecule has 216 valence electrons. The van der Waals surface area contributed by atoms with Crippen LogP contribution in [-0.4, -0.2) is 77.7 Å². The van der Waals surface area contributed by atoms with Crippen LogP contribution in [0.3, 0.4) is 0 Å². The van der Waals surface area contributed by atoms with E-state index in [1.54, 1.807) is 6.07 Å². The number of fused-ring (bicyclic) bond motifs is 1. The Morgan fingerprint density at radius 3 is 2.60 bits per heavy atom. The van der Waals surface area contributed by atoms with Gasteiger partial charge < -0.3 is 19.7 Å². The summed E-state index contributed by atoms with van der Waals surface area (Å²) in [7, 11) is 0. The van der Waals surface area contributed by atoms with Crippen LogP contribution in [0, 0.1) is 12.7 Å². The third-order valence-corrected chi connectivity index (χ3v) is 7.46. The number of benzene rings is 2. The third kappa shape index (κ3) is 7.80. The Bertz CT molecular complexity index is 1280. The van der Waals surface area contributed by atoms with Crippen LogP contribution < -0.4 is 10.1 Å². The van der Waals surface area contributed by atoms with Gasteiger partial charge in [-0.3, -0.25) is 9.69 Å². The van der Waals surface area contributed by atoms with Gasteiger partial charge in [0, 0.05) is 56.5 Å². The number of anilines is 2. The van der Waals surface area contributed by atoms with E-state index in [0.717, 1.165) is 74.3 Å². The van der Waals surface area contributed by atoms with E-state index in [2.05, 4.69) is 20.2 Å². The summed E-state index contributed by atoms with van der Waals surface area (Å²) in [4.78, 5) is 25.8. The van der Waals surface area contributed by atoms with Crippen molar-refractivity contribution in [3.05, 3.63) is 53.1 Å². The van der Waals surface area contributed by atoms with Gasteiger partial charge in [-0.2, -0.15) is 0 Å². The zero-order valence-corrected chi connectivity index (χ0v) is 24.3. The normalized spacial score (nSPS) is 16.4. The minimum Gasteiger partial charge on any atom is -0.490 e. The largest absolute Gasteiger partial charge is 0.490 e. The Labute approximate surface area is 240 Å². The number of aryl methyl sites for hydroxylation is 1. The average molecular weight is 572 g/mol. The van der Waals surface area contributed by atoms with Gasteiger partial charge in [-0.05, 0) is 55.8 Å². The van der Waals surface area contributed by atoms with Gasteiger partial charge in [0.1, 0.15) is 29.8 Å². The lowest BCUT2D eigenvalue weighted by molar-refractivity contribution is -0.133. The molecule has 8 nitrogen and oxygen atoms in total. The van der Waals surface area contributed by atoms with Gasteiger partial charge >= 0.3 is 0 Å². The predicted molar refractivity (Wildman–Crippen MR) is 157 cm³/mol. The minimum absolute atomic E-state index is 0.0282. The first-order valence-corrected chi connectivity index (χ1v) is 14.6. The van der Waals surface area contributed by atoms with Gasteiger partial charge in [0.05, 0.1) is 23.8 Å². The van der Waals surface area contributed by atoms with E-state index in [-0.39, 0.29) is 17.0 Å². The minimum atomic E-state index is -0.475. The molecule has 3 heterocycles. The van der Waals surface area contributed by atoms with Crippen molar-refractivity contribution in [2.24, 2.45) is 0 Å². The molecule has 0 spiro atoms. The number of carbonyl (C=O) groups excluding carboxylic acids is 1. The molecular formula is C30H39ClFN5O3. The number of nitrogens with zero attached hydrogens (tertiary/aromatic N) is 4. The number of amides is 1. The lowest BCUT2D eigenvalue weighted by Gasteiger charge is -2.33. The Morgan fingerprint density at radius 1 is 1.12 bits per heavy atom. The van der Waals surface area contributed by atoms with Crippen molar-refractivity contribution in [1.29, 1.82) is 0 Å². The van der Waals surface area contributed by atoms with Crippen LogP contribution >= 0.6 is 11.6 Å². The molecule has 5 rings (SSSR count). The summed E-state index contributed by atoms with van der Waals surface area (Å²) in [6, 6.07) is 8.37. The van der Waals surface area contributed by atoms with Crippen LogP contribution in [0.15, 0.2) is 36.7 Å². The van der Waals surface area contributed by atoms with E-state index >= 15 is 0 Å². The van der Waals surface area contributed by atoms with E-state index in [4.69, 9.17) is 21.1 Å². The summed E-state index contributed by atoms with van der Waals surface area (Å²) in [6.07, 6.45) is 4.56. The fourth-order valence-corrected chi connectivity index (χ4v) is 5.14. The first kappa shape index (κ1) is 30.0. The highest BCUT2D eigenvalue weighted by atomic mass is 35.5. The Kier molecular flexibility index (Phi) is 10.9. The van der Waals surface area contributed by atoms with Crippen molar-refractivity contribution in [2.45, 2.75) is 52.6 Å². The number of hydrogen-bond donors (Lipinski definition) is 1. The maximum atomic E-state index is 13.6. The topological polar surface area (TPSA) is 79.8 Å². The molecule has 3 aromatic rings. The monoisotopic (exact) mass is 571 g/mol. The van der Waals surface area contributed by atoms with Crippen molar-refractivity contribution in [3.63, 3.8) is 0 Å². The van der Waals surface area contributed by atoms with Crippen molar-refractivity contribution in [2.75, 3.05) is 51.3 Å². The van der Waals surface area contributed by atoms with Crippen LogP contribution in [0.4, 0.5) is 15.9 Å². The van der Waals surface area contributed by atoms with Gasteiger partial charge in [-0.25, -0.2) is 14.4 Å². The van der Waals surface area contributed by atoms with Gasteiger partial charge in [0.15, 0.2) is 0 Å². The number of aromatic nitrogens is 2. The Balaban J connectivity index is 0.00000181. The highest BCUT2D eigenvalue weighted by molar-refractivity contribution is 6.31. The summed E-state index contributed by atoms with van der Waals surface area (Å²) in [5.41, 5.74) is 2.38. The summed E-state index contributed by atoms with van der Waals surface area (Å²) in [5.74, 6) is 1.10. The van der Waals surface area contributed by atoms with Crippen molar-refractivity contribution >= 4 is 39.9 Å². The van der Waals surface area contributed by atoms with E-state index in [0.29, 0.717) is 31.0 Å². The highest BCUT2D eigenvalue weighted by Crippen LogP contribution is 2.32. The molecule has 40 heavy (non-hydrogen) atoms. The lowest BCUT2D eigenvalue weighted by atomic mass is 10.1. The number of carbonyl (C=O) groups is 1. The molecule has 2 aromatic carbocycles. The first-order chi connectivity index (χ1) is 19.5. The zero-order valence-electron chi connectivity index (χ0n) is 23.6. The smallest absolute Gasteiger partial charge is 0.222 e. The fraction of sp³-hybridized carbons (Fsp3) is 0.500. The molecule has 2 aliphatic heterocycles. The molecule has 2 aliphatic rings. The molecule has 1 N–H and O–H groups in total. The number of ether oxygens (including phenoxy) is 2. The van der Waals surface area contributed by atoms with Crippen molar-refractivity contribution < 1.29 is 18.7 Å². The number of piperidine rings is 1. The molecule has 0 radical (unpaired) electrons. The third-order valence-electron chi connectivity index (χ3n) is 7.17. The average Bonchev–Trinajstić information content (AvgIpc) is 2.98. The molecule has 2 fully saturated rings. The standard InChI is InChI=1S/C28H33ClFN5O3.C2H6/c1-19-15-25-22(28(32-18-31-25)33-20-4-5-24(30)23(29)16-20)17-26(19)38-21-6-9-35(10-7-21)27(36)3-2-8-34-11-13-37-14-12-34;1-2/h4-5,15-18,21H,2-3,6-14H2,1H3,(H,31,32,33);1-2H3. The second-order valence-electron chi connectivity index (χ2n) is 9.87. The van der Waals surface area contributed by atoms with Crippen LogP contribution in [0.5, 0.6) is 5.75 Å². The van der Waals surface area contributed by atoms with Crippen LogP contribution in [0.2, 0.25) is 5.02 Å². The number of morpholine rings is 1. The van der Waals surface area contributed by atoms with E-state index in [1.165, 1.54) is 18.5 Å². The number of hydrogen-bond acceptors (Lipinski definition) is 7. The number of likely N-dealkylation sites (tertiary alicyclic amines) is 1. The lowest BCUT2D eigenvalue weighted by Crippen LogP contribution is -2.42. The number of halogens is 2. The van der Waals surface area contributed by atoms with Gasteiger partial charge in [-0.15, -0.1) is 0 Å². The molecule has 0 aliphatic carbocycles. The summed E-state index contributed by atoms with van der Waals surface area (Å²) < 4.78 is 25.4. The SMILES string of the molecule is CC.Cc1cc2ncnc(Nc3ccc(F)c(Cl)c3)c2cc1OC1CCN(C(=O)CCCN2CCOCC2)CC1. The molecule has 10 heteroatoms. The van der Waals surface area contributed by atoms with E-state index < -0.39 is 5.82 Å². The van der Waals surface area contributed by atoms with Gasteiger partial charge in [0.25, 0.3) is 0 Å². The molecule has 0 bridgehead atoms. The molecule has 0 atom stereocenters. The van der Waals surface area contributed by atoms with Crippen LogP contribution in [0.25, 0.3) is 10.9 Å². The van der Waals surface area contributed by atoms with Crippen molar-refractivity contribution in [3.8, 4) is 5.75 Å². The molecular weight excluding hydrogens is 533 g/mol. The molecule has 0 saturated carbocycles. The second-order valence-corrected chi connectivity index (χ2v) is 10.3. The Morgan fingerprint density at radius 2 is 1.88 bits per heavy atom. The van der Waals surface area contributed by atoms with E-state index in [9.17, 15) is 9.18 Å². The van der Waals surface area contributed by atoms with Gasteiger partial charge in [0.2, 0.25) is 5.91 Å². The summed E-state index contributed by atoms with van der Waals surface area (Å²) in [5, 5.41) is 4.04.